The van der Waals surface area contributed by atoms with E-state index >= 15 is 0 Å². The predicted molar refractivity (Wildman–Crippen MR) is 75.6 cm³/mol. The fraction of sp³-hybridized carbons (Fsp3) is 0.294. The van der Waals surface area contributed by atoms with Crippen LogP contribution >= 0.6 is 0 Å². The van der Waals surface area contributed by atoms with E-state index in [1.165, 1.54) is 17.7 Å². The summed E-state index contributed by atoms with van der Waals surface area (Å²) in [6, 6.07) is 14.6. The molecule has 0 bridgehead atoms. The molecule has 2 heteroatoms. The molecule has 0 aliphatic rings. The zero-order valence-corrected chi connectivity index (χ0v) is 11.1. The largest absolute Gasteiger partial charge is 0.392 e. The highest BCUT2D eigenvalue weighted by atomic mass is 19.1. The van der Waals surface area contributed by atoms with Crippen LogP contribution in [-0.2, 0) is 19.3 Å². The molecule has 100 valence electrons. The van der Waals surface area contributed by atoms with Crippen LogP contribution in [0.3, 0.4) is 0 Å². The SMILES string of the molecule is CCc1ccc(CC(O)Cc2ccc(F)cc2)cc1. The van der Waals surface area contributed by atoms with Gasteiger partial charge in [0.2, 0.25) is 0 Å². The van der Waals surface area contributed by atoms with E-state index < -0.39 is 6.10 Å². The normalized spacial score (nSPS) is 12.4. The van der Waals surface area contributed by atoms with Gasteiger partial charge in [0.05, 0.1) is 6.10 Å². The fourth-order valence-corrected chi connectivity index (χ4v) is 2.15. The summed E-state index contributed by atoms with van der Waals surface area (Å²) < 4.78 is 12.8. The van der Waals surface area contributed by atoms with Gasteiger partial charge in [-0.15, -0.1) is 0 Å². The van der Waals surface area contributed by atoms with Crippen LogP contribution in [0, 0.1) is 5.82 Å². The third-order valence-corrected chi connectivity index (χ3v) is 3.29. The summed E-state index contributed by atoms with van der Waals surface area (Å²) >= 11 is 0. The Morgan fingerprint density at radius 2 is 1.26 bits per heavy atom. The summed E-state index contributed by atoms with van der Waals surface area (Å²) in [5, 5.41) is 10.1. The number of hydrogen-bond donors (Lipinski definition) is 1. The van der Waals surface area contributed by atoms with E-state index in [1.54, 1.807) is 12.1 Å². The van der Waals surface area contributed by atoms with E-state index in [4.69, 9.17) is 0 Å². The Morgan fingerprint density at radius 1 is 0.842 bits per heavy atom. The lowest BCUT2D eigenvalue weighted by Gasteiger charge is -2.11. The molecule has 0 aromatic heterocycles. The Morgan fingerprint density at radius 3 is 1.74 bits per heavy atom. The van der Waals surface area contributed by atoms with Crippen molar-refractivity contribution in [3.8, 4) is 0 Å². The molecule has 0 aliphatic heterocycles. The van der Waals surface area contributed by atoms with Gasteiger partial charge in [-0.3, -0.25) is 0 Å². The molecule has 1 atom stereocenters. The van der Waals surface area contributed by atoms with Crippen molar-refractivity contribution in [3.05, 3.63) is 71.0 Å². The van der Waals surface area contributed by atoms with Crippen molar-refractivity contribution in [3.63, 3.8) is 0 Å². The van der Waals surface area contributed by atoms with Gasteiger partial charge in [0.25, 0.3) is 0 Å². The van der Waals surface area contributed by atoms with E-state index in [0.717, 1.165) is 17.5 Å². The Labute approximate surface area is 113 Å². The van der Waals surface area contributed by atoms with Crippen molar-refractivity contribution in [1.82, 2.24) is 0 Å². The van der Waals surface area contributed by atoms with Crippen molar-refractivity contribution in [2.24, 2.45) is 0 Å². The highest BCUT2D eigenvalue weighted by Gasteiger charge is 2.07. The molecule has 2 aromatic rings. The second-order valence-corrected chi connectivity index (χ2v) is 4.86. The molecule has 0 heterocycles. The lowest BCUT2D eigenvalue weighted by atomic mass is 10.00. The standard InChI is InChI=1S/C17H19FO/c1-2-13-3-5-14(6-4-13)11-17(19)12-15-7-9-16(18)10-8-15/h3-10,17,19H,2,11-12H2,1H3. The minimum absolute atomic E-state index is 0.242. The van der Waals surface area contributed by atoms with Crippen molar-refractivity contribution in [2.75, 3.05) is 0 Å². The number of rotatable bonds is 5. The number of halogens is 1. The summed E-state index contributed by atoms with van der Waals surface area (Å²) in [5.74, 6) is -0.242. The maximum atomic E-state index is 12.8. The number of benzene rings is 2. The van der Waals surface area contributed by atoms with Crippen LogP contribution in [-0.4, -0.2) is 11.2 Å². The van der Waals surface area contributed by atoms with E-state index in [1.807, 2.05) is 0 Å². The van der Waals surface area contributed by atoms with E-state index in [2.05, 4.69) is 31.2 Å². The lowest BCUT2D eigenvalue weighted by molar-refractivity contribution is 0.175. The Bertz CT molecular complexity index is 502. The smallest absolute Gasteiger partial charge is 0.123 e. The van der Waals surface area contributed by atoms with Gasteiger partial charge in [-0.1, -0.05) is 43.3 Å². The second-order valence-electron chi connectivity index (χ2n) is 4.86. The molecule has 1 unspecified atom stereocenters. The summed E-state index contributed by atoms with van der Waals surface area (Å²) in [6.07, 6.45) is 1.77. The Hall–Kier alpha value is -1.67. The minimum Gasteiger partial charge on any atom is -0.392 e. The Kier molecular flexibility index (Phi) is 4.69. The van der Waals surface area contributed by atoms with Crippen LogP contribution in [0.1, 0.15) is 23.6 Å². The van der Waals surface area contributed by atoms with Crippen molar-refractivity contribution >= 4 is 0 Å². The predicted octanol–water partition coefficient (Wildman–Crippen LogP) is 3.53. The highest BCUT2D eigenvalue weighted by Crippen LogP contribution is 2.11. The van der Waals surface area contributed by atoms with E-state index in [-0.39, 0.29) is 5.82 Å². The molecule has 0 radical (unpaired) electrons. The van der Waals surface area contributed by atoms with Crippen molar-refractivity contribution in [2.45, 2.75) is 32.3 Å². The fourth-order valence-electron chi connectivity index (χ4n) is 2.15. The Balaban J connectivity index is 1.92. The molecule has 2 rings (SSSR count). The van der Waals surface area contributed by atoms with Crippen molar-refractivity contribution in [1.29, 1.82) is 0 Å². The van der Waals surface area contributed by atoms with Gasteiger partial charge in [0, 0.05) is 0 Å². The molecule has 0 fully saturated rings. The first-order chi connectivity index (χ1) is 9.17. The molecule has 0 saturated carbocycles. The first kappa shape index (κ1) is 13.8. The molecule has 0 amide bonds. The molecular formula is C17H19FO. The first-order valence-electron chi connectivity index (χ1n) is 6.67. The van der Waals surface area contributed by atoms with E-state index in [9.17, 15) is 9.50 Å². The third kappa shape index (κ3) is 4.18. The first-order valence-corrected chi connectivity index (χ1v) is 6.67. The van der Waals surface area contributed by atoms with Gasteiger partial charge in [0.15, 0.2) is 0 Å². The lowest BCUT2D eigenvalue weighted by Crippen LogP contribution is -2.13. The molecule has 1 N–H and O–H groups in total. The topological polar surface area (TPSA) is 20.2 Å². The molecule has 0 spiro atoms. The summed E-state index contributed by atoms with van der Waals surface area (Å²) in [4.78, 5) is 0. The number of aliphatic hydroxyl groups is 1. The average molecular weight is 258 g/mol. The molecule has 1 nitrogen and oxygen atoms in total. The van der Waals surface area contributed by atoms with Crippen molar-refractivity contribution < 1.29 is 9.50 Å². The maximum absolute atomic E-state index is 12.8. The quantitative estimate of drug-likeness (QED) is 0.869. The zero-order chi connectivity index (χ0) is 13.7. The molecule has 19 heavy (non-hydrogen) atoms. The average Bonchev–Trinajstić information content (AvgIpc) is 2.42. The summed E-state index contributed by atoms with van der Waals surface area (Å²) in [7, 11) is 0. The van der Waals surface area contributed by atoms with E-state index in [0.29, 0.717) is 12.8 Å². The van der Waals surface area contributed by atoms with Gasteiger partial charge >= 0.3 is 0 Å². The molecular weight excluding hydrogens is 239 g/mol. The number of aliphatic hydroxyl groups excluding tert-OH is 1. The zero-order valence-electron chi connectivity index (χ0n) is 11.1. The van der Waals surface area contributed by atoms with Gasteiger partial charge < -0.3 is 5.11 Å². The van der Waals surface area contributed by atoms with Gasteiger partial charge in [-0.25, -0.2) is 4.39 Å². The van der Waals surface area contributed by atoms with Crippen LogP contribution in [0.5, 0.6) is 0 Å². The van der Waals surface area contributed by atoms with Crippen LogP contribution in [0.4, 0.5) is 4.39 Å². The highest BCUT2D eigenvalue weighted by molar-refractivity contribution is 5.24. The number of hydrogen-bond acceptors (Lipinski definition) is 1. The second kappa shape index (κ2) is 6.48. The van der Waals surface area contributed by atoms with Crippen LogP contribution in [0.2, 0.25) is 0 Å². The summed E-state index contributed by atoms with van der Waals surface area (Å²) in [5.41, 5.74) is 3.39. The third-order valence-electron chi connectivity index (χ3n) is 3.29. The number of aryl methyl sites for hydroxylation is 1. The minimum atomic E-state index is -0.432. The molecule has 0 aliphatic carbocycles. The molecule has 2 aromatic carbocycles. The molecule has 0 saturated heterocycles. The van der Waals surface area contributed by atoms with Crippen LogP contribution in [0.15, 0.2) is 48.5 Å². The van der Waals surface area contributed by atoms with Gasteiger partial charge in [-0.05, 0) is 48.1 Å². The monoisotopic (exact) mass is 258 g/mol. The summed E-state index contributed by atoms with van der Waals surface area (Å²) in [6.45, 7) is 2.12. The van der Waals surface area contributed by atoms with Gasteiger partial charge in [-0.2, -0.15) is 0 Å². The van der Waals surface area contributed by atoms with Crippen LogP contribution < -0.4 is 0 Å². The maximum Gasteiger partial charge on any atom is 0.123 e. The van der Waals surface area contributed by atoms with Crippen LogP contribution in [0.25, 0.3) is 0 Å². The van der Waals surface area contributed by atoms with Gasteiger partial charge in [0.1, 0.15) is 5.82 Å².